The molecule has 0 heterocycles. The third-order valence-corrected chi connectivity index (χ3v) is 3.42. The van der Waals surface area contributed by atoms with Crippen molar-refractivity contribution in [3.8, 4) is 0 Å². The Labute approximate surface area is 102 Å². The molecule has 0 radical (unpaired) electrons. The lowest BCUT2D eigenvalue weighted by Gasteiger charge is -2.24. The summed E-state index contributed by atoms with van der Waals surface area (Å²) in [7, 11) is 0. The van der Waals surface area contributed by atoms with E-state index in [1.807, 2.05) is 0 Å². The van der Waals surface area contributed by atoms with Crippen molar-refractivity contribution in [2.75, 3.05) is 5.32 Å². The molecular formula is C12H14BrF2N. The van der Waals surface area contributed by atoms with E-state index in [0.717, 1.165) is 25.7 Å². The molecule has 1 aliphatic carbocycles. The minimum Gasteiger partial charge on any atom is -0.378 e. The minimum absolute atomic E-state index is 0.00935. The van der Waals surface area contributed by atoms with Crippen LogP contribution in [-0.4, -0.2) is 6.04 Å². The van der Waals surface area contributed by atoms with Crippen LogP contribution < -0.4 is 5.32 Å². The third-order valence-electron chi connectivity index (χ3n) is 2.96. The van der Waals surface area contributed by atoms with Crippen molar-refractivity contribution in [3.63, 3.8) is 0 Å². The molecule has 1 aliphatic rings. The summed E-state index contributed by atoms with van der Waals surface area (Å²) in [5.74, 6) is -1.06. The Kier molecular flexibility index (Phi) is 3.79. The van der Waals surface area contributed by atoms with Gasteiger partial charge in [-0.3, -0.25) is 0 Å². The fraction of sp³-hybridized carbons (Fsp3) is 0.500. The van der Waals surface area contributed by atoms with Crippen LogP contribution in [0.2, 0.25) is 0 Å². The van der Waals surface area contributed by atoms with Gasteiger partial charge in [0.15, 0.2) is 0 Å². The van der Waals surface area contributed by atoms with Crippen LogP contribution in [0.1, 0.15) is 32.1 Å². The molecule has 1 nitrogen and oxygen atoms in total. The van der Waals surface area contributed by atoms with Crippen LogP contribution in [0.25, 0.3) is 0 Å². The Bertz CT molecular complexity index is 352. The predicted molar refractivity (Wildman–Crippen MR) is 64.6 cm³/mol. The number of nitrogens with one attached hydrogen (secondary N) is 1. The summed E-state index contributed by atoms with van der Waals surface area (Å²) in [6, 6.07) is 2.78. The second kappa shape index (κ2) is 5.13. The van der Waals surface area contributed by atoms with Crippen molar-refractivity contribution in [2.24, 2.45) is 0 Å². The van der Waals surface area contributed by atoms with E-state index in [0.29, 0.717) is 4.47 Å². The van der Waals surface area contributed by atoms with Crippen molar-refractivity contribution >= 4 is 21.6 Å². The van der Waals surface area contributed by atoms with Crippen LogP contribution in [0.15, 0.2) is 16.6 Å². The molecule has 0 unspecified atom stereocenters. The van der Waals surface area contributed by atoms with Crippen LogP contribution >= 0.6 is 15.9 Å². The smallest absolute Gasteiger partial charge is 0.150 e. The topological polar surface area (TPSA) is 12.0 Å². The lowest BCUT2D eigenvalue weighted by Crippen LogP contribution is -2.23. The summed E-state index contributed by atoms with van der Waals surface area (Å²) in [4.78, 5) is 0. The van der Waals surface area contributed by atoms with E-state index in [9.17, 15) is 8.78 Å². The lowest BCUT2D eigenvalue weighted by atomic mass is 9.95. The zero-order valence-electron chi connectivity index (χ0n) is 8.90. The molecule has 88 valence electrons. The number of hydrogen-bond acceptors (Lipinski definition) is 1. The van der Waals surface area contributed by atoms with Gasteiger partial charge in [0.2, 0.25) is 0 Å². The van der Waals surface area contributed by atoms with E-state index >= 15 is 0 Å². The maximum atomic E-state index is 13.5. The normalized spacial score (nSPS) is 17.4. The SMILES string of the molecule is Fc1cc(Br)cc(F)c1NC1CCCCC1. The number of benzene rings is 1. The number of halogens is 3. The molecule has 0 atom stereocenters. The molecule has 0 amide bonds. The van der Waals surface area contributed by atoms with Gasteiger partial charge in [-0.2, -0.15) is 0 Å². The molecule has 4 heteroatoms. The highest BCUT2D eigenvalue weighted by Crippen LogP contribution is 2.27. The fourth-order valence-electron chi connectivity index (χ4n) is 2.13. The van der Waals surface area contributed by atoms with Gasteiger partial charge in [-0.05, 0) is 25.0 Å². The number of hydrogen-bond donors (Lipinski definition) is 1. The highest BCUT2D eigenvalue weighted by molar-refractivity contribution is 9.10. The van der Waals surface area contributed by atoms with Crippen molar-refractivity contribution in [3.05, 3.63) is 28.2 Å². The van der Waals surface area contributed by atoms with Gasteiger partial charge in [-0.25, -0.2) is 8.78 Å². The third kappa shape index (κ3) is 2.73. The second-order valence-corrected chi connectivity index (χ2v) is 5.14. The Morgan fingerprint density at radius 2 is 1.62 bits per heavy atom. The molecular weight excluding hydrogens is 276 g/mol. The number of anilines is 1. The minimum atomic E-state index is -0.530. The molecule has 1 fully saturated rings. The Hall–Kier alpha value is -0.640. The maximum Gasteiger partial charge on any atom is 0.150 e. The van der Waals surface area contributed by atoms with Crippen molar-refractivity contribution in [2.45, 2.75) is 38.1 Å². The van der Waals surface area contributed by atoms with Crippen LogP contribution in [-0.2, 0) is 0 Å². The summed E-state index contributed by atoms with van der Waals surface area (Å²) in [5, 5.41) is 2.97. The molecule has 0 bridgehead atoms. The van der Waals surface area contributed by atoms with Crippen LogP contribution in [0, 0.1) is 11.6 Å². The molecule has 1 N–H and O–H groups in total. The van der Waals surface area contributed by atoms with E-state index in [-0.39, 0.29) is 11.7 Å². The first kappa shape index (κ1) is 11.8. The van der Waals surface area contributed by atoms with Crippen LogP contribution in [0.5, 0.6) is 0 Å². The second-order valence-electron chi connectivity index (χ2n) is 4.22. The zero-order chi connectivity index (χ0) is 11.5. The zero-order valence-corrected chi connectivity index (χ0v) is 10.5. The Morgan fingerprint density at radius 3 is 2.19 bits per heavy atom. The highest BCUT2D eigenvalue weighted by atomic mass is 79.9. The van der Waals surface area contributed by atoms with Gasteiger partial charge in [-0.1, -0.05) is 35.2 Å². The fourth-order valence-corrected chi connectivity index (χ4v) is 2.53. The predicted octanol–water partition coefficient (Wildman–Crippen LogP) is 4.47. The van der Waals surface area contributed by atoms with E-state index < -0.39 is 11.6 Å². The van der Waals surface area contributed by atoms with E-state index in [1.165, 1.54) is 18.6 Å². The molecule has 0 spiro atoms. The van der Waals surface area contributed by atoms with Crippen LogP contribution in [0.3, 0.4) is 0 Å². The summed E-state index contributed by atoms with van der Waals surface area (Å²) in [5.41, 5.74) is 0.00935. The molecule has 1 aromatic carbocycles. The molecule has 1 aromatic rings. The molecule has 16 heavy (non-hydrogen) atoms. The maximum absolute atomic E-state index is 13.5. The Morgan fingerprint density at radius 1 is 1.06 bits per heavy atom. The number of rotatable bonds is 2. The first-order valence-corrected chi connectivity index (χ1v) is 6.37. The first-order chi connectivity index (χ1) is 7.66. The quantitative estimate of drug-likeness (QED) is 0.847. The average molecular weight is 290 g/mol. The van der Waals surface area contributed by atoms with Gasteiger partial charge in [0.25, 0.3) is 0 Å². The molecule has 2 rings (SSSR count). The van der Waals surface area contributed by atoms with Crippen molar-refractivity contribution < 1.29 is 8.78 Å². The van der Waals surface area contributed by atoms with Gasteiger partial charge >= 0.3 is 0 Å². The monoisotopic (exact) mass is 289 g/mol. The molecule has 1 saturated carbocycles. The van der Waals surface area contributed by atoms with Crippen molar-refractivity contribution in [1.82, 2.24) is 0 Å². The van der Waals surface area contributed by atoms with Gasteiger partial charge < -0.3 is 5.32 Å². The van der Waals surface area contributed by atoms with Crippen molar-refractivity contribution in [1.29, 1.82) is 0 Å². The van der Waals surface area contributed by atoms with Crippen LogP contribution in [0.4, 0.5) is 14.5 Å². The molecule has 0 aliphatic heterocycles. The van der Waals surface area contributed by atoms with Gasteiger partial charge in [0, 0.05) is 10.5 Å². The van der Waals surface area contributed by atoms with E-state index in [1.54, 1.807) is 0 Å². The van der Waals surface area contributed by atoms with Gasteiger partial charge in [0.05, 0.1) is 0 Å². The summed E-state index contributed by atoms with van der Waals surface area (Å²) < 4.78 is 27.5. The summed E-state index contributed by atoms with van der Waals surface area (Å²) in [6.07, 6.45) is 5.49. The Balaban J connectivity index is 2.14. The van der Waals surface area contributed by atoms with E-state index in [2.05, 4.69) is 21.2 Å². The summed E-state index contributed by atoms with van der Waals surface area (Å²) in [6.45, 7) is 0. The van der Waals surface area contributed by atoms with Gasteiger partial charge in [-0.15, -0.1) is 0 Å². The largest absolute Gasteiger partial charge is 0.378 e. The highest BCUT2D eigenvalue weighted by Gasteiger charge is 2.17. The standard InChI is InChI=1S/C12H14BrF2N/c13-8-6-10(14)12(11(15)7-8)16-9-4-2-1-3-5-9/h6-7,9,16H,1-5H2. The molecule has 0 saturated heterocycles. The van der Waals surface area contributed by atoms with E-state index in [4.69, 9.17) is 0 Å². The molecule has 0 aromatic heterocycles. The first-order valence-electron chi connectivity index (χ1n) is 5.58. The average Bonchev–Trinajstić information content (AvgIpc) is 2.25. The van der Waals surface area contributed by atoms with Gasteiger partial charge in [0.1, 0.15) is 17.3 Å². The lowest BCUT2D eigenvalue weighted by molar-refractivity contribution is 0.457. The summed E-state index contributed by atoms with van der Waals surface area (Å²) >= 11 is 3.06.